The Kier molecular flexibility index (Phi) is 3.12. The van der Waals surface area contributed by atoms with E-state index in [1.54, 1.807) is 6.07 Å². The Labute approximate surface area is 133 Å². The number of carbonyl (C=O) groups excluding carboxylic acids is 1. The maximum Gasteiger partial charge on any atom is 0.337 e. The third-order valence-corrected chi connectivity index (χ3v) is 4.10. The predicted octanol–water partition coefficient (Wildman–Crippen LogP) is 4.77. The summed E-state index contributed by atoms with van der Waals surface area (Å²) in [6, 6.07) is 22.3. The van der Waals surface area contributed by atoms with Crippen molar-refractivity contribution >= 4 is 27.6 Å². The second kappa shape index (κ2) is 5.29. The number of benzene rings is 3. The Morgan fingerprint density at radius 3 is 2.48 bits per heavy atom. The van der Waals surface area contributed by atoms with E-state index >= 15 is 0 Å². The molecule has 0 fully saturated rings. The van der Waals surface area contributed by atoms with Crippen molar-refractivity contribution in [1.82, 2.24) is 4.98 Å². The van der Waals surface area contributed by atoms with Crippen molar-refractivity contribution in [1.29, 1.82) is 0 Å². The Morgan fingerprint density at radius 2 is 1.65 bits per heavy atom. The lowest BCUT2D eigenvalue weighted by Gasteiger charge is -2.01. The van der Waals surface area contributed by atoms with E-state index in [2.05, 4.69) is 41.4 Å². The van der Waals surface area contributed by atoms with Crippen LogP contribution in [-0.2, 0) is 4.74 Å². The molecule has 0 aliphatic heterocycles. The highest BCUT2D eigenvalue weighted by Crippen LogP contribution is 2.27. The Hall–Kier alpha value is -3.07. The van der Waals surface area contributed by atoms with Gasteiger partial charge in [0, 0.05) is 16.6 Å². The summed E-state index contributed by atoms with van der Waals surface area (Å²) >= 11 is 0. The van der Waals surface area contributed by atoms with Crippen molar-refractivity contribution in [2.75, 3.05) is 7.11 Å². The Bertz CT molecular complexity index is 1030. The summed E-state index contributed by atoms with van der Waals surface area (Å²) in [5, 5.41) is 3.50. The van der Waals surface area contributed by atoms with Crippen molar-refractivity contribution in [3.63, 3.8) is 0 Å². The smallest absolute Gasteiger partial charge is 0.337 e. The molecule has 23 heavy (non-hydrogen) atoms. The summed E-state index contributed by atoms with van der Waals surface area (Å²) in [6.07, 6.45) is 0. The molecule has 0 spiro atoms. The summed E-state index contributed by atoms with van der Waals surface area (Å²) < 4.78 is 4.77. The molecule has 0 saturated carbocycles. The van der Waals surface area contributed by atoms with Crippen LogP contribution in [0.5, 0.6) is 0 Å². The second-order valence-electron chi connectivity index (χ2n) is 5.54. The van der Waals surface area contributed by atoms with Gasteiger partial charge in [0.25, 0.3) is 0 Å². The van der Waals surface area contributed by atoms with E-state index < -0.39 is 0 Å². The molecule has 3 nitrogen and oxygen atoms in total. The number of aromatic nitrogens is 1. The van der Waals surface area contributed by atoms with Crippen molar-refractivity contribution in [3.05, 3.63) is 72.3 Å². The molecule has 3 heteroatoms. The van der Waals surface area contributed by atoms with E-state index in [9.17, 15) is 4.79 Å². The van der Waals surface area contributed by atoms with Crippen LogP contribution in [0.4, 0.5) is 0 Å². The van der Waals surface area contributed by atoms with Crippen molar-refractivity contribution in [2.24, 2.45) is 0 Å². The molecule has 3 aromatic carbocycles. The molecule has 1 heterocycles. The molecular weight excluding hydrogens is 286 g/mol. The van der Waals surface area contributed by atoms with Gasteiger partial charge in [0.2, 0.25) is 0 Å². The zero-order valence-electron chi connectivity index (χ0n) is 12.7. The van der Waals surface area contributed by atoms with Crippen LogP contribution in [0.2, 0.25) is 0 Å². The van der Waals surface area contributed by atoms with Crippen LogP contribution >= 0.6 is 0 Å². The van der Waals surface area contributed by atoms with Crippen LogP contribution in [-0.4, -0.2) is 18.1 Å². The molecule has 4 rings (SSSR count). The van der Waals surface area contributed by atoms with Gasteiger partial charge in [0.1, 0.15) is 0 Å². The van der Waals surface area contributed by atoms with Crippen LogP contribution in [0.1, 0.15) is 10.4 Å². The minimum absolute atomic E-state index is 0.325. The van der Waals surface area contributed by atoms with Crippen LogP contribution in [0.15, 0.2) is 66.7 Å². The third kappa shape index (κ3) is 2.36. The fourth-order valence-electron chi connectivity index (χ4n) is 2.88. The van der Waals surface area contributed by atoms with Gasteiger partial charge in [0.15, 0.2) is 0 Å². The highest BCUT2D eigenvalue weighted by Gasteiger charge is 2.09. The van der Waals surface area contributed by atoms with Crippen LogP contribution in [0.3, 0.4) is 0 Å². The number of aromatic amines is 1. The van der Waals surface area contributed by atoms with Crippen LogP contribution in [0, 0.1) is 0 Å². The average Bonchev–Trinajstić information content (AvgIpc) is 3.03. The van der Waals surface area contributed by atoms with Crippen LogP contribution < -0.4 is 0 Å². The number of methoxy groups -OCH3 is 1. The van der Waals surface area contributed by atoms with E-state index in [4.69, 9.17) is 4.74 Å². The number of hydrogen-bond acceptors (Lipinski definition) is 2. The Morgan fingerprint density at radius 1 is 0.870 bits per heavy atom. The molecular formula is C20H15NO2. The second-order valence-corrected chi connectivity index (χ2v) is 5.54. The van der Waals surface area contributed by atoms with E-state index in [1.165, 1.54) is 17.9 Å². The minimum Gasteiger partial charge on any atom is -0.465 e. The first-order chi connectivity index (χ1) is 11.2. The van der Waals surface area contributed by atoms with Gasteiger partial charge in [-0.15, -0.1) is 0 Å². The van der Waals surface area contributed by atoms with Crippen molar-refractivity contribution < 1.29 is 9.53 Å². The fraction of sp³-hybridized carbons (Fsp3) is 0.0500. The summed E-state index contributed by atoms with van der Waals surface area (Å²) in [5.41, 5.74) is 3.63. The number of hydrogen-bond donors (Lipinski definition) is 1. The summed E-state index contributed by atoms with van der Waals surface area (Å²) in [7, 11) is 1.39. The number of esters is 1. The molecule has 0 bridgehead atoms. The zero-order chi connectivity index (χ0) is 15.8. The van der Waals surface area contributed by atoms with Gasteiger partial charge in [-0.05, 0) is 40.6 Å². The number of rotatable bonds is 2. The Balaban J connectivity index is 1.82. The maximum atomic E-state index is 11.6. The molecule has 0 aliphatic rings. The molecule has 112 valence electrons. The molecule has 0 saturated heterocycles. The lowest BCUT2D eigenvalue weighted by atomic mass is 10.1. The van der Waals surface area contributed by atoms with Gasteiger partial charge in [0.05, 0.1) is 12.7 Å². The first kappa shape index (κ1) is 13.6. The number of ether oxygens (including phenoxy) is 1. The van der Waals surface area contributed by atoms with Gasteiger partial charge < -0.3 is 9.72 Å². The molecule has 0 aliphatic carbocycles. The maximum absolute atomic E-state index is 11.6. The van der Waals surface area contributed by atoms with Crippen molar-refractivity contribution in [2.45, 2.75) is 0 Å². The minimum atomic E-state index is -0.325. The molecule has 4 aromatic rings. The lowest BCUT2D eigenvalue weighted by molar-refractivity contribution is 0.0601. The zero-order valence-corrected chi connectivity index (χ0v) is 12.7. The highest BCUT2D eigenvalue weighted by atomic mass is 16.5. The molecule has 0 radical (unpaired) electrons. The topological polar surface area (TPSA) is 42.1 Å². The average molecular weight is 301 g/mol. The van der Waals surface area contributed by atoms with Gasteiger partial charge in [-0.25, -0.2) is 4.79 Å². The molecule has 0 amide bonds. The normalized spacial score (nSPS) is 11.0. The SMILES string of the molecule is COC(=O)c1ccc2cc(-c3ccc4ccccc4c3)[nH]c2c1. The first-order valence-electron chi connectivity index (χ1n) is 7.45. The monoisotopic (exact) mass is 301 g/mol. The third-order valence-electron chi connectivity index (χ3n) is 4.10. The largest absolute Gasteiger partial charge is 0.465 e. The van der Waals surface area contributed by atoms with Crippen LogP contribution in [0.25, 0.3) is 32.9 Å². The summed E-state index contributed by atoms with van der Waals surface area (Å²) in [5.74, 6) is -0.325. The number of fused-ring (bicyclic) bond motifs is 2. The summed E-state index contributed by atoms with van der Waals surface area (Å²) in [6.45, 7) is 0. The van der Waals surface area contributed by atoms with E-state index in [-0.39, 0.29) is 5.97 Å². The summed E-state index contributed by atoms with van der Waals surface area (Å²) in [4.78, 5) is 15.0. The van der Waals surface area contributed by atoms with Gasteiger partial charge in [-0.1, -0.05) is 42.5 Å². The quantitative estimate of drug-likeness (QED) is 0.542. The van der Waals surface area contributed by atoms with Gasteiger partial charge in [-0.2, -0.15) is 0 Å². The van der Waals surface area contributed by atoms with E-state index in [0.717, 1.165) is 22.2 Å². The molecule has 1 aromatic heterocycles. The van der Waals surface area contributed by atoms with Crippen molar-refractivity contribution in [3.8, 4) is 11.3 Å². The van der Waals surface area contributed by atoms with E-state index in [0.29, 0.717) is 5.56 Å². The number of carbonyl (C=O) groups is 1. The standard InChI is InChI=1S/C20H15NO2/c1-23-20(22)17-9-8-16-11-18(21-19(16)12-17)15-7-6-13-4-2-3-5-14(13)10-15/h2-12,21H,1H3. The van der Waals surface area contributed by atoms with Gasteiger partial charge >= 0.3 is 5.97 Å². The predicted molar refractivity (Wildman–Crippen MR) is 92.6 cm³/mol. The number of nitrogens with one attached hydrogen (secondary N) is 1. The number of H-pyrrole nitrogens is 1. The molecule has 1 N–H and O–H groups in total. The molecule has 0 atom stereocenters. The first-order valence-corrected chi connectivity index (χ1v) is 7.45. The fourth-order valence-corrected chi connectivity index (χ4v) is 2.88. The highest BCUT2D eigenvalue weighted by molar-refractivity contribution is 5.96. The lowest BCUT2D eigenvalue weighted by Crippen LogP contribution is -2.00. The van der Waals surface area contributed by atoms with Gasteiger partial charge in [-0.3, -0.25) is 0 Å². The molecule has 0 unspecified atom stereocenters. The van der Waals surface area contributed by atoms with E-state index in [1.807, 2.05) is 24.3 Å².